The molecule has 0 saturated carbocycles. The maximum atomic E-state index is 9.89. The third kappa shape index (κ3) is 3.05. The molecule has 0 heterocycles. The van der Waals surface area contributed by atoms with E-state index in [1.807, 2.05) is 30.3 Å². The molecule has 2 N–H and O–H groups in total. The highest BCUT2D eigenvalue weighted by Gasteiger charge is 2.12. The van der Waals surface area contributed by atoms with Crippen LogP contribution in [0.3, 0.4) is 0 Å². The fraction of sp³-hybridized carbons (Fsp3) is 0.188. The highest BCUT2D eigenvalue weighted by molar-refractivity contribution is 5.50. The number of phenols is 1. The molecule has 0 aliphatic heterocycles. The van der Waals surface area contributed by atoms with E-state index >= 15 is 0 Å². The molecule has 0 amide bonds. The first-order valence-electron chi connectivity index (χ1n) is 6.29. The Morgan fingerprint density at radius 3 is 2.42 bits per heavy atom. The first-order chi connectivity index (χ1) is 9.24. The SMILES string of the molecule is CCC(Nc1ccc(C#N)cc1)c1ccccc1O. The van der Waals surface area contributed by atoms with E-state index in [-0.39, 0.29) is 6.04 Å². The Bertz CT molecular complexity index is 584. The van der Waals surface area contributed by atoms with E-state index < -0.39 is 0 Å². The Labute approximate surface area is 113 Å². The average molecular weight is 252 g/mol. The van der Waals surface area contributed by atoms with Gasteiger partial charge >= 0.3 is 0 Å². The van der Waals surface area contributed by atoms with Gasteiger partial charge in [-0.15, -0.1) is 0 Å². The topological polar surface area (TPSA) is 56.0 Å². The summed E-state index contributed by atoms with van der Waals surface area (Å²) in [5.41, 5.74) is 2.46. The van der Waals surface area contributed by atoms with Gasteiger partial charge in [-0.25, -0.2) is 0 Å². The van der Waals surface area contributed by atoms with E-state index in [0.29, 0.717) is 11.3 Å². The Balaban J connectivity index is 2.19. The van der Waals surface area contributed by atoms with Gasteiger partial charge in [-0.1, -0.05) is 25.1 Å². The quantitative estimate of drug-likeness (QED) is 0.869. The van der Waals surface area contributed by atoms with E-state index in [4.69, 9.17) is 5.26 Å². The minimum atomic E-state index is 0.0501. The van der Waals surface area contributed by atoms with E-state index in [1.54, 1.807) is 18.2 Å². The monoisotopic (exact) mass is 252 g/mol. The van der Waals surface area contributed by atoms with Gasteiger partial charge in [0, 0.05) is 11.3 Å². The van der Waals surface area contributed by atoms with Gasteiger partial charge in [-0.2, -0.15) is 5.26 Å². The van der Waals surface area contributed by atoms with Crippen molar-refractivity contribution in [1.29, 1.82) is 5.26 Å². The summed E-state index contributed by atoms with van der Waals surface area (Å²) in [4.78, 5) is 0. The Kier molecular flexibility index (Phi) is 4.04. The van der Waals surface area contributed by atoms with Crippen LogP contribution in [0.25, 0.3) is 0 Å². The van der Waals surface area contributed by atoms with Gasteiger partial charge in [0.15, 0.2) is 0 Å². The second kappa shape index (κ2) is 5.92. The van der Waals surface area contributed by atoms with Gasteiger partial charge in [0.25, 0.3) is 0 Å². The summed E-state index contributed by atoms with van der Waals surface area (Å²) in [6.07, 6.45) is 0.859. The van der Waals surface area contributed by atoms with Crippen molar-refractivity contribution in [3.63, 3.8) is 0 Å². The van der Waals surface area contributed by atoms with Crippen LogP contribution in [0.5, 0.6) is 5.75 Å². The number of para-hydroxylation sites is 1. The van der Waals surface area contributed by atoms with E-state index in [9.17, 15) is 5.11 Å². The Hall–Kier alpha value is -2.47. The van der Waals surface area contributed by atoms with Crippen molar-refractivity contribution in [3.8, 4) is 11.8 Å². The van der Waals surface area contributed by atoms with Crippen LogP contribution < -0.4 is 5.32 Å². The molecular formula is C16H16N2O. The molecule has 0 radical (unpaired) electrons. The third-order valence-corrected chi connectivity index (χ3v) is 3.08. The maximum absolute atomic E-state index is 9.89. The van der Waals surface area contributed by atoms with Crippen molar-refractivity contribution >= 4 is 5.69 Å². The molecule has 1 atom stereocenters. The first kappa shape index (κ1) is 13.0. The van der Waals surface area contributed by atoms with Crippen LogP contribution >= 0.6 is 0 Å². The molecule has 3 heteroatoms. The van der Waals surface area contributed by atoms with E-state index in [1.165, 1.54) is 0 Å². The molecule has 2 aromatic carbocycles. The molecule has 2 aromatic rings. The molecule has 3 nitrogen and oxygen atoms in total. The molecule has 0 fully saturated rings. The molecule has 96 valence electrons. The predicted molar refractivity (Wildman–Crippen MR) is 75.9 cm³/mol. The number of nitrogens with one attached hydrogen (secondary N) is 1. The van der Waals surface area contributed by atoms with Gasteiger partial charge in [0.2, 0.25) is 0 Å². The molecule has 0 aliphatic carbocycles. The number of nitrogens with zero attached hydrogens (tertiary/aromatic N) is 1. The first-order valence-corrected chi connectivity index (χ1v) is 6.29. The maximum Gasteiger partial charge on any atom is 0.120 e. The fourth-order valence-electron chi connectivity index (χ4n) is 2.02. The summed E-state index contributed by atoms with van der Waals surface area (Å²) in [6.45, 7) is 2.06. The van der Waals surface area contributed by atoms with E-state index in [2.05, 4.69) is 18.3 Å². The third-order valence-electron chi connectivity index (χ3n) is 3.08. The molecule has 0 aromatic heterocycles. The average Bonchev–Trinajstić information content (AvgIpc) is 2.46. The summed E-state index contributed by atoms with van der Waals surface area (Å²) in [5.74, 6) is 0.301. The zero-order valence-electron chi connectivity index (χ0n) is 10.8. The number of hydrogen-bond donors (Lipinski definition) is 2. The van der Waals surface area contributed by atoms with Gasteiger partial charge in [0.1, 0.15) is 5.75 Å². The van der Waals surface area contributed by atoms with Crippen molar-refractivity contribution in [2.75, 3.05) is 5.32 Å². The Morgan fingerprint density at radius 2 is 1.84 bits per heavy atom. The summed E-state index contributed by atoms with van der Waals surface area (Å²) < 4.78 is 0. The molecule has 0 aliphatic rings. The van der Waals surface area contributed by atoms with Gasteiger partial charge < -0.3 is 10.4 Å². The van der Waals surface area contributed by atoms with Crippen LogP contribution in [0.4, 0.5) is 5.69 Å². The number of anilines is 1. The van der Waals surface area contributed by atoms with Crippen LogP contribution in [-0.4, -0.2) is 5.11 Å². The second-order valence-electron chi connectivity index (χ2n) is 4.35. The summed E-state index contributed by atoms with van der Waals surface area (Å²) in [6, 6.07) is 16.8. The second-order valence-corrected chi connectivity index (χ2v) is 4.35. The number of phenolic OH excluding ortho intramolecular Hbond substituents is 1. The van der Waals surface area contributed by atoms with Crippen LogP contribution in [0, 0.1) is 11.3 Å². The van der Waals surface area contributed by atoms with Crippen molar-refractivity contribution < 1.29 is 5.11 Å². The number of aromatic hydroxyl groups is 1. The minimum absolute atomic E-state index is 0.0501. The lowest BCUT2D eigenvalue weighted by atomic mass is 10.0. The lowest BCUT2D eigenvalue weighted by molar-refractivity contribution is 0.463. The molecular weight excluding hydrogens is 236 g/mol. The number of hydrogen-bond acceptors (Lipinski definition) is 3. The fourth-order valence-corrected chi connectivity index (χ4v) is 2.02. The smallest absolute Gasteiger partial charge is 0.120 e. The summed E-state index contributed by atoms with van der Waals surface area (Å²) >= 11 is 0. The van der Waals surface area contributed by atoms with Crippen molar-refractivity contribution in [1.82, 2.24) is 0 Å². The number of benzene rings is 2. The highest BCUT2D eigenvalue weighted by Crippen LogP contribution is 2.29. The molecule has 0 saturated heterocycles. The summed E-state index contributed by atoms with van der Waals surface area (Å²) in [5, 5.41) is 22.0. The molecule has 19 heavy (non-hydrogen) atoms. The van der Waals surface area contributed by atoms with Crippen LogP contribution in [0.2, 0.25) is 0 Å². The Morgan fingerprint density at radius 1 is 1.16 bits per heavy atom. The summed E-state index contributed by atoms with van der Waals surface area (Å²) in [7, 11) is 0. The minimum Gasteiger partial charge on any atom is -0.508 e. The number of nitriles is 1. The van der Waals surface area contributed by atoms with Gasteiger partial charge in [-0.05, 0) is 36.8 Å². The van der Waals surface area contributed by atoms with Crippen LogP contribution in [0.15, 0.2) is 48.5 Å². The molecule has 1 unspecified atom stereocenters. The van der Waals surface area contributed by atoms with Crippen molar-refractivity contribution in [2.45, 2.75) is 19.4 Å². The lowest BCUT2D eigenvalue weighted by Gasteiger charge is -2.19. The van der Waals surface area contributed by atoms with Crippen molar-refractivity contribution in [2.24, 2.45) is 0 Å². The van der Waals surface area contributed by atoms with Gasteiger partial charge in [0.05, 0.1) is 17.7 Å². The molecule has 0 spiro atoms. The van der Waals surface area contributed by atoms with Crippen LogP contribution in [-0.2, 0) is 0 Å². The number of rotatable bonds is 4. The predicted octanol–water partition coefficient (Wildman–Crippen LogP) is 3.83. The van der Waals surface area contributed by atoms with E-state index in [0.717, 1.165) is 17.7 Å². The van der Waals surface area contributed by atoms with Crippen LogP contribution in [0.1, 0.15) is 30.5 Å². The van der Waals surface area contributed by atoms with Crippen molar-refractivity contribution in [3.05, 3.63) is 59.7 Å². The molecule has 0 bridgehead atoms. The standard InChI is InChI=1S/C16H16N2O/c1-2-15(14-5-3-4-6-16(14)19)18-13-9-7-12(11-17)8-10-13/h3-10,15,18-19H,2H2,1H3. The highest BCUT2D eigenvalue weighted by atomic mass is 16.3. The lowest BCUT2D eigenvalue weighted by Crippen LogP contribution is -2.09. The molecule has 2 rings (SSSR count). The normalized spacial score (nSPS) is 11.6. The largest absolute Gasteiger partial charge is 0.508 e. The zero-order chi connectivity index (χ0) is 13.7. The zero-order valence-corrected chi connectivity index (χ0v) is 10.8. The van der Waals surface area contributed by atoms with Gasteiger partial charge in [-0.3, -0.25) is 0 Å².